The van der Waals surface area contributed by atoms with E-state index in [4.69, 9.17) is 0 Å². The Kier molecular flexibility index (Phi) is 4.67. The topological polar surface area (TPSA) is 46.9 Å². The van der Waals surface area contributed by atoms with Gasteiger partial charge in [-0.25, -0.2) is 0 Å². The van der Waals surface area contributed by atoms with Crippen molar-refractivity contribution in [1.82, 2.24) is 14.9 Å². The minimum atomic E-state index is 0.0213. The first-order chi connectivity index (χ1) is 11.1. The van der Waals surface area contributed by atoms with E-state index in [0.717, 1.165) is 16.2 Å². The Hall–Kier alpha value is -2.27. The summed E-state index contributed by atoms with van der Waals surface area (Å²) in [7, 11) is 2.02. The predicted octanol–water partition coefficient (Wildman–Crippen LogP) is 3.29. The lowest BCUT2D eigenvalue weighted by atomic mass is 10.2. The smallest absolute Gasteiger partial charge is 0.230 e. The van der Waals surface area contributed by atoms with E-state index in [-0.39, 0.29) is 5.91 Å². The van der Waals surface area contributed by atoms with E-state index in [1.165, 1.54) is 10.9 Å². The van der Waals surface area contributed by atoms with Crippen molar-refractivity contribution >= 4 is 28.6 Å². The summed E-state index contributed by atoms with van der Waals surface area (Å²) in [5, 5.41) is 4.12. The number of thioether (sulfide) groups is 1. The maximum atomic E-state index is 12.1. The molecule has 0 saturated carbocycles. The molecule has 0 aliphatic rings. The van der Waals surface area contributed by atoms with Crippen LogP contribution in [0.5, 0.6) is 0 Å². The van der Waals surface area contributed by atoms with E-state index in [0.29, 0.717) is 12.3 Å². The highest BCUT2D eigenvalue weighted by molar-refractivity contribution is 8.00. The molecule has 3 rings (SSSR count). The van der Waals surface area contributed by atoms with Gasteiger partial charge in [0.1, 0.15) is 0 Å². The maximum Gasteiger partial charge on any atom is 0.230 e. The number of para-hydroxylation sites is 1. The van der Waals surface area contributed by atoms with Gasteiger partial charge >= 0.3 is 0 Å². The summed E-state index contributed by atoms with van der Waals surface area (Å²) in [5.41, 5.74) is 3.19. The predicted molar refractivity (Wildman–Crippen MR) is 94.5 cm³/mol. The second-order valence-electron chi connectivity index (χ2n) is 5.45. The first-order valence-corrected chi connectivity index (χ1v) is 8.48. The summed E-state index contributed by atoms with van der Waals surface area (Å²) >= 11 is 1.56. The third-order valence-corrected chi connectivity index (χ3v) is 4.83. The average molecular weight is 325 g/mol. The summed E-state index contributed by atoms with van der Waals surface area (Å²) in [6.45, 7) is 2.47. The van der Waals surface area contributed by atoms with Gasteiger partial charge in [-0.1, -0.05) is 24.3 Å². The van der Waals surface area contributed by atoms with Crippen molar-refractivity contribution in [3.8, 4) is 0 Å². The number of benzene rings is 1. The molecule has 0 unspecified atom stereocenters. The van der Waals surface area contributed by atoms with Crippen LogP contribution < -0.4 is 5.32 Å². The van der Waals surface area contributed by atoms with Gasteiger partial charge in [0.25, 0.3) is 0 Å². The van der Waals surface area contributed by atoms with Crippen LogP contribution in [-0.2, 0) is 18.4 Å². The molecule has 4 nitrogen and oxygen atoms in total. The van der Waals surface area contributed by atoms with E-state index in [1.807, 2.05) is 38.2 Å². The maximum absolute atomic E-state index is 12.1. The SMILES string of the molecule is Cc1cccnc1CNC(=O)CSc1cn(C)c2ccccc12. The van der Waals surface area contributed by atoms with Gasteiger partial charge in [0.05, 0.1) is 18.0 Å². The van der Waals surface area contributed by atoms with Crippen LogP contribution >= 0.6 is 11.8 Å². The van der Waals surface area contributed by atoms with Crippen LogP contribution in [0.4, 0.5) is 0 Å². The molecule has 0 aliphatic carbocycles. The zero-order valence-electron chi connectivity index (χ0n) is 13.2. The number of hydrogen-bond acceptors (Lipinski definition) is 3. The first-order valence-electron chi connectivity index (χ1n) is 7.49. The summed E-state index contributed by atoms with van der Waals surface area (Å²) in [6.07, 6.45) is 3.82. The second kappa shape index (κ2) is 6.87. The molecule has 0 bridgehead atoms. The fourth-order valence-corrected chi connectivity index (χ4v) is 3.45. The summed E-state index contributed by atoms with van der Waals surface area (Å²) in [6, 6.07) is 12.1. The molecule has 118 valence electrons. The molecule has 0 aliphatic heterocycles. The van der Waals surface area contributed by atoms with Gasteiger partial charge in [0.2, 0.25) is 5.91 Å². The third-order valence-electron chi connectivity index (χ3n) is 3.79. The third kappa shape index (κ3) is 3.56. The fraction of sp³-hybridized carbons (Fsp3) is 0.222. The van der Waals surface area contributed by atoms with E-state index in [1.54, 1.807) is 18.0 Å². The lowest BCUT2D eigenvalue weighted by Gasteiger charge is -2.06. The molecule has 5 heteroatoms. The largest absolute Gasteiger partial charge is 0.350 e. The van der Waals surface area contributed by atoms with Crippen LogP contribution in [0, 0.1) is 6.92 Å². The van der Waals surface area contributed by atoms with E-state index >= 15 is 0 Å². The van der Waals surface area contributed by atoms with Gasteiger partial charge in [-0.15, -0.1) is 11.8 Å². The van der Waals surface area contributed by atoms with Gasteiger partial charge in [0, 0.05) is 35.2 Å². The van der Waals surface area contributed by atoms with Gasteiger partial charge in [-0.05, 0) is 24.6 Å². The van der Waals surface area contributed by atoms with Gasteiger partial charge < -0.3 is 9.88 Å². The van der Waals surface area contributed by atoms with Crippen molar-refractivity contribution in [1.29, 1.82) is 0 Å². The molecular weight excluding hydrogens is 306 g/mol. The molecule has 0 atom stereocenters. The van der Waals surface area contributed by atoms with Crippen LogP contribution in [0.2, 0.25) is 0 Å². The number of carbonyl (C=O) groups excluding carboxylic acids is 1. The molecule has 23 heavy (non-hydrogen) atoms. The average Bonchev–Trinajstić information content (AvgIpc) is 2.89. The van der Waals surface area contributed by atoms with Crippen LogP contribution in [0.3, 0.4) is 0 Å². The normalized spacial score (nSPS) is 10.9. The molecule has 2 aromatic heterocycles. The number of aromatic nitrogens is 2. The highest BCUT2D eigenvalue weighted by Gasteiger charge is 2.09. The van der Waals surface area contributed by atoms with Crippen LogP contribution in [0.25, 0.3) is 10.9 Å². The number of nitrogens with zero attached hydrogens (tertiary/aromatic N) is 2. The van der Waals surface area contributed by atoms with Crippen molar-refractivity contribution in [2.24, 2.45) is 7.05 Å². The molecule has 1 aromatic carbocycles. The Bertz CT molecular complexity index is 841. The molecule has 1 N–H and O–H groups in total. The second-order valence-corrected chi connectivity index (χ2v) is 6.47. The minimum absolute atomic E-state index is 0.0213. The van der Waals surface area contributed by atoms with Crippen LogP contribution in [-0.4, -0.2) is 21.2 Å². The van der Waals surface area contributed by atoms with Crippen LogP contribution in [0.15, 0.2) is 53.7 Å². The first kappa shape index (κ1) is 15.6. The summed E-state index contributed by atoms with van der Waals surface area (Å²) < 4.78 is 2.09. The van der Waals surface area contributed by atoms with E-state index in [2.05, 4.69) is 33.2 Å². The van der Waals surface area contributed by atoms with Crippen LogP contribution in [0.1, 0.15) is 11.3 Å². The molecule has 2 heterocycles. The Morgan fingerprint density at radius 1 is 1.26 bits per heavy atom. The molecule has 1 amide bonds. The summed E-state index contributed by atoms with van der Waals surface area (Å²) in [5.74, 6) is 0.424. The van der Waals surface area contributed by atoms with Crippen molar-refractivity contribution in [2.75, 3.05) is 5.75 Å². The zero-order chi connectivity index (χ0) is 16.2. The molecule has 0 radical (unpaired) electrons. The molecule has 0 spiro atoms. The van der Waals surface area contributed by atoms with Crippen molar-refractivity contribution in [3.63, 3.8) is 0 Å². The lowest BCUT2D eigenvalue weighted by Crippen LogP contribution is -2.25. The Morgan fingerprint density at radius 2 is 2.09 bits per heavy atom. The molecule has 0 fully saturated rings. The van der Waals surface area contributed by atoms with Crippen molar-refractivity contribution in [2.45, 2.75) is 18.4 Å². The number of fused-ring (bicyclic) bond motifs is 1. The minimum Gasteiger partial charge on any atom is -0.350 e. The number of amides is 1. The summed E-state index contributed by atoms with van der Waals surface area (Å²) in [4.78, 5) is 17.5. The fourth-order valence-electron chi connectivity index (χ4n) is 2.50. The number of nitrogens with one attached hydrogen (secondary N) is 1. The zero-order valence-corrected chi connectivity index (χ0v) is 14.1. The highest BCUT2D eigenvalue weighted by atomic mass is 32.2. The number of aryl methyl sites for hydroxylation is 2. The Labute approximate surface area is 139 Å². The van der Waals surface area contributed by atoms with Gasteiger partial charge in [-0.2, -0.15) is 0 Å². The number of rotatable bonds is 5. The number of hydrogen-bond donors (Lipinski definition) is 1. The standard InChI is InChI=1S/C18H19N3OS/c1-13-6-5-9-19-15(13)10-20-18(22)12-23-17-11-21(2)16-8-4-3-7-14(16)17/h3-9,11H,10,12H2,1-2H3,(H,20,22). The molecule has 0 saturated heterocycles. The molecular formula is C18H19N3OS. The number of pyridine rings is 1. The number of carbonyl (C=O) groups is 1. The van der Waals surface area contributed by atoms with Gasteiger partial charge in [0.15, 0.2) is 0 Å². The quantitative estimate of drug-likeness (QED) is 0.732. The van der Waals surface area contributed by atoms with Crippen molar-refractivity contribution in [3.05, 3.63) is 60.0 Å². The lowest BCUT2D eigenvalue weighted by molar-refractivity contribution is -0.118. The molecule has 3 aromatic rings. The highest BCUT2D eigenvalue weighted by Crippen LogP contribution is 2.29. The van der Waals surface area contributed by atoms with E-state index in [9.17, 15) is 4.79 Å². The monoisotopic (exact) mass is 325 g/mol. The van der Waals surface area contributed by atoms with E-state index < -0.39 is 0 Å². The van der Waals surface area contributed by atoms with Gasteiger partial charge in [-0.3, -0.25) is 9.78 Å². The Morgan fingerprint density at radius 3 is 2.91 bits per heavy atom. The Balaban J connectivity index is 1.59. The van der Waals surface area contributed by atoms with Crippen molar-refractivity contribution < 1.29 is 4.79 Å².